The average Bonchev–Trinajstić information content (AvgIpc) is 2.27. The first-order valence-corrected chi connectivity index (χ1v) is 6.21. The number of rotatable bonds is 4. The lowest BCUT2D eigenvalue weighted by molar-refractivity contribution is 0.0557. The molecule has 0 bridgehead atoms. The van der Waals surface area contributed by atoms with Crippen molar-refractivity contribution < 1.29 is 4.79 Å². The summed E-state index contributed by atoms with van der Waals surface area (Å²) < 4.78 is 0. The molecule has 1 aromatic rings. The second-order valence-corrected chi connectivity index (χ2v) is 5.13. The zero-order valence-corrected chi connectivity index (χ0v) is 10.9. The van der Waals surface area contributed by atoms with E-state index >= 15 is 0 Å². The van der Waals surface area contributed by atoms with Gasteiger partial charge in [0.05, 0.1) is 5.56 Å². The van der Waals surface area contributed by atoms with Gasteiger partial charge in [-0.15, -0.1) is 0 Å². The van der Waals surface area contributed by atoms with Gasteiger partial charge in [-0.1, -0.05) is 0 Å². The summed E-state index contributed by atoms with van der Waals surface area (Å²) in [6.45, 7) is 0.684. The fourth-order valence-corrected chi connectivity index (χ4v) is 2.25. The number of nitrogen functional groups attached to an aromatic ring is 1. The van der Waals surface area contributed by atoms with Crippen LogP contribution in [0.5, 0.6) is 0 Å². The molecule has 1 heterocycles. The number of carbonyl (C=O) groups excluding carboxylic acids is 1. The highest BCUT2D eigenvalue weighted by Gasteiger charge is 2.39. The van der Waals surface area contributed by atoms with E-state index in [9.17, 15) is 4.79 Å². The maximum Gasteiger partial charge on any atom is 0.252 e. The molecule has 0 saturated heterocycles. The zero-order chi connectivity index (χ0) is 13.2. The van der Waals surface area contributed by atoms with E-state index in [0.717, 1.165) is 12.8 Å². The molecule has 1 saturated carbocycles. The molecule has 98 valence electrons. The van der Waals surface area contributed by atoms with Crippen molar-refractivity contribution >= 4 is 11.7 Å². The third-order valence-electron chi connectivity index (χ3n) is 3.86. The summed E-state index contributed by atoms with van der Waals surface area (Å²) in [5.74, 6) is 0.339. The highest BCUT2D eigenvalue weighted by molar-refractivity contribution is 5.94. The van der Waals surface area contributed by atoms with Crippen LogP contribution in [0.4, 0.5) is 5.82 Å². The molecule has 3 N–H and O–H groups in total. The molecule has 0 radical (unpaired) electrons. The smallest absolute Gasteiger partial charge is 0.252 e. The molecule has 1 amide bonds. The van der Waals surface area contributed by atoms with Crippen LogP contribution in [0.25, 0.3) is 0 Å². The van der Waals surface area contributed by atoms with Crippen molar-refractivity contribution in [3.05, 3.63) is 23.9 Å². The topological polar surface area (TPSA) is 71.2 Å². The number of nitrogens with two attached hydrogens (primary N) is 1. The van der Waals surface area contributed by atoms with Crippen molar-refractivity contribution in [3.63, 3.8) is 0 Å². The predicted molar refractivity (Wildman–Crippen MR) is 71.3 cm³/mol. The highest BCUT2D eigenvalue weighted by atomic mass is 16.1. The summed E-state index contributed by atoms with van der Waals surface area (Å²) >= 11 is 0. The molecule has 1 aromatic heterocycles. The summed E-state index contributed by atoms with van der Waals surface area (Å²) in [4.78, 5) is 18.1. The number of hydrogen-bond acceptors (Lipinski definition) is 4. The number of pyridine rings is 1. The Labute approximate surface area is 107 Å². The van der Waals surface area contributed by atoms with E-state index in [1.54, 1.807) is 12.1 Å². The number of nitrogens with zero attached hydrogens (tertiary/aromatic N) is 2. The van der Waals surface area contributed by atoms with E-state index in [0.29, 0.717) is 17.9 Å². The van der Waals surface area contributed by atoms with Crippen LogP contribution >= 0.6 is 0 Å². The Balaban J connectivity index is 1.94. The van der Waals surface area contributed by atoms with E-state index in [1.165, 1.54) is 12.6 Å². The minimum absolute atomic E-state index is 0.0874. The molecule has 5 nitrogen and oxygen atoms in total. The van der Waals surface area contributed by atoms with Gasteiger partial charge in [0.2, 0.25) is 0 Å². The molecule has 1 aliphatic rings. The van der Waals surface area contributed by atoms with Gasteiger partial charge in [0.1, 0.15) is 5.82 Å². The number of amides is 1. The van der Waals surface area contributed by atoms with Gasteiger partial charge >= 0.3 is 0 Å². The van der Waals surface area contributed by atoms with Crippen LogP contribution in [0.15, 0.2) is 18.3 Å². The van der Waals surface area contributed by atoms with Crippen molar-refractivity contribution in [2.45, 2.75) is 24.8 Å². The van der Waals surface area contributed by atoms with Crippen molar-refractivity contribution in [2.24, 2.45) is 0 Å². The SMILES string of the molecule is CN(C)C1(CNC(=O)c2ccc(N)nc2)CCC1. The molecule has 18 heavy (non-hydrogen) atoms. The Morgan fingerprint density at radius 1 is 1.50 bits per heavy atom. The van der Waals surface area contributed by atoms with Gasteiger partial charge in [0, 0.05) is 18.3 Å². The van der Waals surface area contributed by atoms with Crippen molar-refractivity contribution in [2.75, 3.05) is 26.4 Å². The van der Waals surface area contributed by atoms with E-state index in [4.69, 9.17) is 5.73 Å². The molecular formula is C13H20N4O. The number of likely N-dealkylation sites (N-methyl/N-ethyl adjacent to an activating group) is 1. The van der Waals surface area contributed by atoms with Crippen LogP contribution in [-0.2, 0) is 0 Å². The second kappa shape index (κ2) is 4.94. The fourth-order valence-electron chi connectivity index (χ4n) is 2.25. The first kappa shape index (κ1) is 12.8. The van der Waals surface area contributed by atoms with E-state index in [2.05, 4.69) is 29.3 Å². The summed E-state index contributed by atoms with van der Waals surface area (Å²) in [5, 5.41) is 2.98. The second-order valence-electron chi connectivity index (χ2n) is 5.13. The maximum atomic E-state index is 12.0. The van der Waals surface area contributed by atoms with Gasteiger partial charge in [-0.2, -0.15) is 0 Å². The number of carbonyl (C=O) groups is 1. The Morgan fingerprint density at radius 3 is 2.67 bits per heavy atom. The zero-order valence-electron chi connectivity index (χ0n) is 10.9. The molecule has 5 heteroatoms. The minimum Gasteiger partial charge on any atom is -0.384 e. The standard InChI is InChI=1S/C13H20N4O/c1-17(2)13(6-3-7-13)9-16-12(18)10-4-5-11(14)15-8-10/h4-5,8H,3,6-7,9H2,1-2H3,(H2,14,15)(H,16,18). The lowest BCUT2D eigenvalue weighted by atomic mass is 9.75. The molecular weight excluding hydrogens is 228 g/mol. The molecule has 0 spiro atoms. The lowest BCUT2D eigenvalue weighted by Crippen LogP contribution is -2.57. The van der Waals surface area contributed by atoms with Gasteiger partial charge in [-0.05, 0) is 45.5 Å². The molecule has 0 aromatic carbocycles. The third kappa shape index (κ3) is 2.46. The predicted octanol–water partition coefficient (Wildman–Crippen LogP) is 0.878. The van der Waals surface area contributed by atoms with Crippen LogP contribution in [-0.4, -0.2) is 42.0 Å². The van der Waals surface area contributed by atoms with Crippen LogP contribution in [0.3, 0.4) is 0 Å². The molecule has 0 aliphatic heterocycles. The fraction of sp³-hybridized carbons (Fsp3) is 0.538. The van der Waals surface area contributed by atoms with Crippen LogP contribution in [0, 0.1) is 0 Å². The van der Waals surface area contributed by atoms with E-state index < -0.39 is 0 Å². The van der Waals surface area contributed by atoms with Crippen molar-refractivity contribution in [3.8, 4) is 0 Å². The monoisotopic (exact) mass is 248 g/mol. The molecule has 0 atom stereocenters. The van der Waals surface area contributed by atoms with Crippen molar-refractivity contribution in [1.29, 1.82) is 0 Å². The Hall–Kier alpha value is -1.62. The van der Waals surface area contributed by atoms with Gasteiger partial charge < -0.3 is 16.0 Å². The van der Waals surface area contributed by atoms with Crippen LogP contribution in [0.1, 0.15) is 29.6 Å². The summed E-state index contributed by atoms with van der Waals surface area (Å²) in [6, 6.07) is 3.33. The Bertz CT molecular complexity index is 423. The van der Waals surface area contributed by atoms with E-state index in [-0.39, 0.29) is 11.4 Å². The maximum absolute atomic E-state index is 12.0. The van der Waals surface area contributed by atoms with Gasteiger partial charge in [0.15, 0.2) is 0 Å². The van der Waals surface area contributed by atoms with Gasteiger partial charge in [-0.3, -0.25) is 4.79 Å². The molecule has 1 aliphatic carbocycles. The number of hydrogen-bond donors (Lipinski definition) is 2. The largest absolute Gasteiger partial charge is 0.384 e. The number of aromatic nitrogens is 1. The summed E-state index contributed by atoms with van der Waals surface area (Å²) in [7, 11) is 4.13. The van der Waals surface area contributed by atoms with Crippen LogP contribution < -0.4 is 11.1 Å². The minimum atomic E-state index is -0.0874. The van der Waals surface area contributed by atoms with Crippen molar-refractivity contribution in [1.82, 2.24) is 15.2 Å². The summed E-state index contributed by atoms with van der Waals surface area (Å²) in [5.41, 5.74) is 6.18. The first-order chi connectivity index (χ1) is 8.53. The molecule has 1 fully saturated rings. The Morgan fingerprint density at radius 2 is 2.22 bits per heavy atom. The normalized spacial score (nSPS) is 17.3. The molecule has 2 rings (SSSR count). The quantitative estimate of drug-likeness (QED) is 0.829. The molecule has 0 unspecified atom stereocenters. The van der Waals surface area contributed by atoms with Crippen LogP contribution in [0.2, 0.25) is 0 Å². The lowest BCUT2D eigenvalue weighted by Gasteiger charge is -2.47. The van der Waals surface area contributed by atoms with Gasteiger partial charge in [0.25, 0.3) is 5.91 Å². The van der Waals surface area contributed by atoms with Gasteiger partial charge in [-0.25, -0.2) is 4.98 Å². The third-order valence-corrected chi connectivity index (χ3v) is 3.86. The highest BCUT2D eigenvalue weighted by Crippen LogP contribution is 2.35. The first-order valence-electron chi connectivity index (χ1n) is 6.21. The average molecular weight is 248 g/mol. The Kier molecular flexibility index (Phi) is 3.52. The number of anilines is 1. The number of nitrogens with one attached hydrogen (secondary N) is 1. The van der Waals surface area contributed by atoms with E-state index in [1.807, 2.05) is 0 Å². The summed E-state index contributed by atoms with van der Waals surface area (Å²) in [6.07, 6.45) is 5.02.